The first kappa shape index (κ1) is 13.1. The van der Waals surface area contributed by atoms with Crippen LogP contribution in [0.2, 0.25) is 0 Å². The molecular weight excluding hydrogens is 194 g/mol. The minimum atomic E-state index is 0.428. The number of nitrogens with zero attached hydrogens (tertiary/aromatic N) is 1. The summed E-state index contributed by atoms with van der Waals surface area (Å²) >= 11 is 0. The van der Waals surface area contributed by atoms with Gasteiger partial charge in [-0.15, -0.1) is 0 Å². The fourth-order valence-electron chi connectivity index (χ4n) is 1.88. The molecule has 0 aromatic carbocycles. The van der Waals surface area contributed by atoms with E-state index >= 15 is 0 Å². The molecule has 1 fully saturated rings. The van der Waals surface area contributed by atoms with Crippen LogP contribution in [0.1, 0.15) is 40.5 Å². The molecule has 0 atom stereocenters. The summed E-state index contributed by atoms with van der Waals surface area (Å²) in [4.78, 5) is 2.53. The van der Waals surface area contributed by atoms with Crippen molar-refractivity contribution in [3.63, 3.8) is 0 Å². The van der Waals surface area contributed by atoms with Gasteiger partial charge < -0.3 is 4.90 Å². The van der Waals surface area contributed by atoms with Crippen LogP contribution in [-0.4, -0.2) is 24.0 Å². The van der Waals surface area contributed by atoms with Crippen molar-refractivity contribution in [2.75, 3.05) is 13.1 Å². The van der Waals surface area contributed by atoms with Crippen LogP contribution in [-0.2, 0) is 0 Å². The minimum Gasteiger partial charge on any atom is -0.301 e. The Hall–Kier alpha value is -0.920. The third-order valence-corrected chi connectivity index (χ3v) is 2.96. The standard InChI is InChI=1S/C15H23N/c1-13(2)7-5-6-8-15-9-11-16(12-10-15)14(3)4/h13-15H,9-12H2,1-4H3. The molecule has 0 spiro atoms. The molecule has 1 rings (SSSR count). The van der Waals surface area contributed by atoms with Gasteiger partial charge in [0.2, 0.25) is 0 Å². The summed E-state index contributed by atoms with van der Waals surface area (Å²) in [5, 5.41) is 0. The summed E-state index contributed by atoms with van der Waals surface area (Å²) in [5.74, 6) is 13.3. The van der Waals surface area contributed by atoms with E-state index in [0.29, 0.717) is 17.9 Å². The highest BCUT2D eigenvalue weighted by Gasteiger charge is 2.18. The highest BCUT2D eigenvalue weighted by molar-refractivity contribution is 5.27. The van der Waals surface area contributed by atoms with Gasteiger partial charge in [-0.25, -0.2) is 0 Å². The summed E-state index contributed by atoms with van der Waals surface area (Å²) in [5.41, 5.74) is 0. The van der Waals surface area contributed by atoms with E-state index in [9.17, 15) is 0 Å². The van der Waals surface area contributed by atoms with Crippen LogP contribution in [0, 0.1) is 35.5 Å². The van der Waals surface area contributed by atoms with Gasteiger partial charge in [-0.2, -0.15) is 0 Å². The second kappa shape index (κ2) is 6.62. The van der Waals surface area contributed by atoms with Crippen molar-refractivity contribution in [3.05, 3.63) is 0 Å². The molecule has 0 N–H and O–H groups in total. The Morgan fingerprint density at radius 2 is 1.62 bits per heavy atom. The molecule has 1 aliphatic rings. The Kier molecular flexibility index (Phi) is 5.44. The fraction of sp³-hybridized carbons (Fsp3) is 0.733. The van der Waals surface area contributed by atoms with E-state index in [1.165, 1.54) is 25.9 Å². The number of hydrogen-bond acceptors (Lipinski definition) is 1. The first-order valence-corrected chi connectivity index (χ1v) is 6.34. The van der Waals surface area contributed by atoms with Crippen molar-refractivity contribution in [1.82, 2.24) is 4.90 Å². The van der Waals surface area contributed by atoms with Crippen LogP contribution in [0.15, 0.2) is 0 Å². The Morgan fingerprint density at radius 1 is 1.00 bits per heavy atom. The molecule has 0 bridgehead atoms. The Balaban J connectivity index is 2.35. The SMILES string of the molecule is CC(C)C#CC#CC1CCN(C(C)C)CC1. The fourth-order valence-corrected chi connectivity index (χ4v) is 1.88. The van der Waals surface area contributed by atoms with Crippen molar-refractivity contribution in [2.24, 2.45) is 11.8 Å². The van der Waals surface area contributed by atoms with Gasteiger partial charge in [0.05, 0.1) is 0 Å². The van der Waals surface area contributed by atoms with Crippen LogP contribution >= 0.6 is 0 Å². The zero-order valence-corrected chi connectivity index (χ0v) is 11.0. The lowest BCUT2D eigenvalue weighted by atomic mass is 9.96. The molecule has 1 aliphatic heterocycles. The van der Waals surface area contributed by atoms with Crippen molar-refractivity contribution in [3.8, 4) is 23.7 Å². The average molecular weight is 217 g/mol. The highest BCUT2D eigenvalue weighted by atomic mass is 15.1. The smallest absolute Gasteiger partial charge is 0.0237 e. The molecule has 88 valence electrons. The van der Waals surface area contributed by atoms with Crippen molar-refractivity contribution in [2.45, 2.75) is 46.6 Å². The predicted molar refractivity (Wildman–Crippen MR) is 69.8 cm³/mol. The van der Waals surface area contributed by atoms with Gasteiger partial charge in [0.25, 0.3) is 0 Å². The van der Waals surface area contributed by atoms with Gasteiger partial charge in [-0.05, 0) is 51.6 Å². The first-order valence-electron chi connectivity index (χ1n) is 6.34. The van der Waals surface area contributed by atoms with Gasteiger partial charge in [0, 0.05) is 17.9 Å². The molecule has 0 unspecified atom stereocenters. The highest BCUT2D eigenvalue weighted by Crippen LogP contribution is 2.17. The average Bonchev–Trinajstić information content (AvgIpc) is 2.25. The molecule has 1 saturated heterocycles. The zero-order valence-electron chi connectivity index (χ0n) is 11.0. The molecule has 1 heteroatoms. The lowest BCUT2D eigenvalue weighted by Crippen LogP contribution is -2.38. The van der Waals surface area contributed by atoms with E-state index < -0.39 is 0 Å². The van der Waals surface area contributed by atoms with Gasteiger partial charge in [0.1, 0.15) is 0 Å². The maximum atomic E-state index is 3.29. The molecule has 0 aliphatic carbocycles. The van der Waals surface area contributed by atoms with Crippen LogP contribution in [0.4, 0.5) is 0 Å². The van der Waals surface area contributed by atoms with Gasteiger partial charge in [-0.1, -0.05) is 25.7 Å². The summed E-state index contributed by atoms with van der Waals surface area (Å²) in [7, 11) is 0. The van der Waals surface area contributed by atoms with Crippen LogP contribution < -0.4 is 0 Å². The lowest BCUT2D eigenvalue weighted by Gasteiger charge is -2.32. The Morgan fingerprint density at radius 3 is 2.12 bits per heavy atom. The second-order valence-electron chi connectivity index (χ2n) is 5.10. The number of rotatable bonds is 1. The molecular formula is C15H23N. The van der Waals surface area contributed by atoms with Crippen LogP contribution in [0.3, 0.4) is 0 Å². The molecule has 0 aromatic rings. The quantitative estimate of drug-likeness (QED) is 0.610. The Bertz CT molecular complexity index is 311. The molecule has 0 amide bonds. The summed E-state index contributed by atoms with van der Waals surface area (Å²) in [6.07, 6.45) is 2.41. The summed E-state index contributed by atoms with van der Waals surface area (Å²) in [6, 6.07) is 0.676. The molecule has 0 saturated carbocycles. The number of piperidine rings is 1. The molecule has 16 heavy (non-hydrogen) atoms. The lowest BCUT2D eigenvalue weighted by molar-refractivity contribution is 0.167. The van der Waals surface area contributed by atoms with Crippen molar-refractivity contribution < 1.29 is 0 Å². The molecule has 1 heterocycles. The van der Waals surface area contributed by atoms with E-state index in [-0.39, 0.29) is 0 Å². The molecule has 0 radical (unpaired) electrons. The third-order valence-electron chi connectivity index (χ3n) is 2.96. The molecule has 1 nitrogen and oxygen atoms in total. The van der Waals surface area contributed by atoms with E-state index in [4.69, 9.17) is 0 Å². The summed E-state index contributed by atoms with van der Waals surface area (Å²) < 4.78 is 0. The maximum Gasteiger partial charge on any atom is 0.0237 e. The van der Waals surface area contributed by atoms with Crippen LogP contribution in [0.25, 0.3) is 0 Å². The molecule has 0 aromatic heterocycles. The maximum absolute atomic E-state index is 3.29. The predicted octanol–water partition coefficient (Wildman–Crippen LogP) is 2.77. The van der Waals surface area contributed by atoms with Gasteiger partial charge in [-0.3, -0.25) is 0 Å². The monoisotopic (exact) mass is 217 g/mol. The number of hydrogen-bond donors (Lipinski definition) is 0. The van der Waals surface area contributed by atoms with Crippen molar-refractivity contribution >= 4 is 0 Å². The van der Waals surface area contributed by atoms with E-state index in [1.54, 1.807) is 0 Å². The minimum absolute atomic E-state index is 0.428. The van der Waals surface area contributed by atoms with Crippen LogP contribution in [0.5, 0.6) is 0 Å². The van der Waals surface area contributed by atoms with Crippen molar-refractivity contribution in [1.29, 1.82) is 0 Å². The normalized spacial score (nSPS) is 17.9. The zero-order chi connectivity index (χ0) is 12.0. The van der Waals surface area contributed by atoms with Gasteiger partial charge in [0.15, 0.2) is 0 Å². The Labute approximate surface area is 101 Å². The largest absolute Gasteiger partial charge is 0.301 e. The number of likely N-dealkylation sites (tertiary alicyclic amines) is 1. The topological polar surface area (TPSA) is 3.24 Å². The van der Waals surface area contributed by atoms with E-state index in [0.717, 1.165) is 0 Å². The van der Waals surface area contributed by atoms with E-state index in [2.05, 4.69) is 56.3 Å². The third kappa shape index (κ3) is 4.73. The summed E-state index contributed by atoms with van der Waals surface area (Å²) in [6.45, 7) is 11.1. The van der Waals surface area contributed by atoms with Gasteiger partial charge >= 0.3 is 0 Å². The second-order valence-corrected chi connectivity index (χ2v) is 5.10. The first-order chi connectivity index (χ1) is 7.59. The van der Waals surface area contributed by atoms with E-state index in [1.807, 2.05) is 0 Å².